The maximum Gasteiger partial charge on any atom is 0.173 e. The molecule has 0 aromatic carbocycles. The van der Waals surface area contributed by atoms with Gasteiger partial charge < -0.3 is 25.2 Å². The van der Waals surface area contributed by atoms with Crippen LogP contribution in [0.5, 0.6) is 0 Å². The van der Waals surface area contributed by atoms with Crippen LogP contribution in [-0.4, -0.2) is 75.7 Å². The van der Waals surface area contributed by atoms with Crippen LogP contribution in [-0.2, 0) is 4.74 Å². The number of aliphatic hydroxyl groups is 4. The summed E-state index contributed by atoms with van der Waals surface area (Å²) >= 11 is 0. The molecule has 144 valence electrons. The molecule has 0 radical (unpaired) electrons. The Hall–Kier alpha value is -0.240. The van der Waals surface area contributed by atoms with E-state index in [2.05, 4.69) is 13.8 Å². The van der Waals surface area contributed by atoms with E-state index >= 15 is 0 Å². The summed E-state index contributed by atoms with van der Waals surface area (Å²) < 4.78 is 5.30. The molecule has 0 aliphatic carbocycles. The van der Waals surface area contributed by atoms with Gasteiger partial charge in [0.05, 0.1) is 12.6 Å². The molecular weight excluding hydrogens is 310 g/mol. The van der Waals surface area contributed by atoms with E-state index in [1.54, 1.807) is 0 Å². The van der Waals surface area contributed by atoms with Crippen LogP contribution in [0.4, 0.5) is 0 Å². The third-order valence-electron chi connectivity index (χ3n) is 4.89. The highest BCUT2D eigenvalue weighted by atomic mass is 16.6. The quantitative estimate of drug-likeness (QED) is 0.397. The second-order valence-electron chi connectivity index (χ2n) is 6.88. The lowest BCUT2D eigenvalue weighted by atomic mass is 9.95. The Morgan fingerprint density at radius 1 is 0.792 bits per heavy atom. The van der Waals surface area contributed by atoms with Gasteiger partial charge in [0.25, 0.3) is 0 Å². The topological polar surface area (TPSA) is 93.4 Å². The zero-order chi connectivity index (χ0) is 17.9. The van der Waals surface area contributed by atoms with Crippen molar-refractivity contribution in [3.8, 4) is 0 Å². The summed E-state index contributed by atoms with van der Waals surface area (Å²) in [5.41, 5.74) is 0. The molecular formula is C18H37NO5. The van der Waals surface area contributed by atoms with E-state index in [1.807, 2.05) is 4.90 Å². The van der Waals surface area contributed by atoms with E-state index < -0.39 is 37.3 Å². The lowest BCUT2D eigenvalue weighted by Crippen LogP contribution is -2.64. The molecule has 0 aromatic rings. The third kappa shape index (κ3) is 6.58. The number of nitrogens with zero attached hydrogens (tertiary/aromatic N) is 1. The first-order valence-electron chi connectivity index (χ1n) is 9.61. The van der Waals surface area contributed by atoms with E-state index in [0.29, 0.717) is 0 Å². The largest absolute Gasteiger partial charge is 0.394 e. The normalized spacial score (nSPS) is 30.9. The van der Waals surface area contributed by atoms with Gasteiger partial charge in [-0.25, -0.2) is 0 Å². The number of rotatable bonds is 12. The summed E-state index contributed by atoms with van der Waals surface area (Å²) in [5.74, 6) is 0. The molecule has 0 bridgehead atoms. The predicted molar refractivity (Wildman–Crippen MR) is 93.6 cm³/mol. The molecule has 0 saturated carbocycles. The van der Waals surface area contributed by atoms with Crippen molar-refractivity contribution in [3.63, 3.8) is 0 Å². The van der Waals surface area contributed by atoms with Crippen molar-refractivity contribution >= 4 is 0 Å². The van der Waals surface area contributed by atoms with Crippen molar-refractivity contribution in [2.75, 3.05) is 19.7 Å². The van der Waals surface area contributed by atoms with Crippen molar-refractivity contribution in [1.29, 1.82) is 0 Å². The van der Waals surface area contributed by atoms with E-state index in [-0.39, 0.29) is 0 Å². The van der Waals surface area contributed by atoms with Crippen LogP contribution in [0.3, 0.4) is 0 Å². The van der Waals surface area contributed by atoms with Crippen molar-refractivity contribution in [2.24, 2.45) is 0 Å². The molecule has 0 aromatic heterocycles. The van der Waals surface area contributed by atoms with Gasteiger partial charge >= 0.3 is 0 Å². The molecule has 0 amide bonds. The van der Waals surface area contributed by atoms with Crippen molar-refractivity contribution in [2.45, 2.75) is 95.9 Å². The SMILES string of the molecule is CCCCCCCCN(CCCC)[C@H]1C(O)O[C@H](CO)[C@@H](O)[C@@H]1O. The minimum Gasteiger partial charge on any atom is -0.394 e. The average molecular weight is 347 g/mol. The molecule has 6 nitrogen and oxygen atoms in total. The molecule has 1 saturated heterocycles. The molecule has 1 rings (SSSR count). The van der Waals surface area contributed by atoms with Gasteiger partial charge in [0, 0.05) is 0 Å². The fourth-order valence-corrected chi connectivity index (χ4v) is 3.34. The van der Waals surface area contributed by atoms with Crippen LogP contribution < -0.4 is 0 Å². The van der Waals surface area contributed by atoms with Gasteiger partial charge in [-0.05, 0) is 25.9 Å². The Morgan fingerprint density at radius 2 is 1.38 bits per heavy atom. The molecule has 24 heavy (non-hydrogen) atoms. The first-order valence-corrected chi connectivity index (χ1v) is 9.61. The second kappa shape index (κ2) is 12.2. The minimum atomic E-state index is -1.20. The molecule has 5 atom stereocenters. The summed E-state index contributed by atoms with van der Waals surface area (Å²) in [6, 6.07) is -0.648. The number of hydrogen-bond donors (Lipinski definition) is 4. The van der Waals surface area contributed by atoms with Gasteiger partial charge in [-0.2, -0.15) is 0 Å². The summed E-state index contributed by atoms with van der Waals surface area (Å²) in [7, 11) is 0. The van der Waals surface area contributed by atoms with Crippen LogP contribution in [0.25, 0.3) is 0 Å². The van der Waals surface area contributed by atoms with Gasteiger partial charge in [0.1, 0.15) is 18.3 Å². The van der Waals surface area contributed by atoms with E-state index in [9.17, 15) is 20.4 Å². The Labute approximate surface area is 146 Å². The first-order chi connectivity index (χ1) is 11.6. The molecule has 1 aliphatic rings. The molecule has 6 heteroatoms. The number of ether oxygens (including phenoxy) is 1. The summed E-state index contributed by atoms with van der Waals surface area (Å²) in [4.78, 5) is 2.04. The number of aliphatic hydroxyl groups excluding tert-OH is 4. The lowest BCUT2D eigenvalue weighted by Gasteiger charge is -2.45. The van der Waals surface area contributed by atoms with Crippen LogP contribution >= 0.6 is 0 Å². The predicted octanol–water partition coefficient (Wildman–Crippen LogP) is 1.25. The van der Waals surface area contributed by atoms with E-state index in [0.717, 1.165) is 38.8 Å². The third-order valence-corrected chi connectivity index (χ3v) is 4.89. The highest BCUT2D eigenvalue weighted by Crippen LogP contribution is 2.25. The first kappa shape index (κ1) is 21.8. The molecule has 1 unspecified atom stereocenters. The lowest BCUT2D eigenvalue weighted by molar-refractivity contribution is -0.272. The van der Waals surface area contributed by atoms with Gasteiger partial charge in [-0.15, -0.1) is 0 Å². The van der Waals surface area contributed by atoms with Crippen molar-refractivity contribution < 1.29 is 25.2 Å². The van der Waals surface area contributed by atoms with Crippen LogP contribution in [0, 0.1) is 0 Å². The standard InChI is InChI=1S/C18H37NO5/c1-3-5-7-8-9-10-12-19(11-6-4-2)15-17(22)16(21)14(13-20)24-18(15)23/h14-18,20-23H,3-13H2,1-2H3/t14-,15-,16-,17-,18?/m1/s1. The van der Waals surface area contributed by atoms with E-state index in [1.165, 1.54) is 25.7 Å². The smallest absolute Gasteiger partial charge is 0.173 e. The highest BCUT2D eigenvalue weighted by molar-refractivity contribution is 4.94. The van der Waals surface area contributed by atoms with Gasteiger partial charge in [-0.3, -0.25) is 4.90 Å². The Morgan fingerprint density at radius 3 is 2.00 bits per heavy atom. The van der Waals surface area contributed by atoms with Crippen molar-refractivity contribution in [3.05, 3.63) is 0 Å². The summed E-state index contributed by atoms with van der Waals surface area (Å²) in [5, 5.41) is 39.9. The molecule has 1 heterocycles. The zero-order valence-electron chi connectivity index (χ0n) is 15.3. The monoisotopic (exact) mass is 347 g/mol. The van der Waals surface area contributed by atoms with Gasteiger partial charge in [0.2, 0.25) is 0 Å². The summed E-state index contributed by atoms with van der Waals surface area (Å²) in [6.07, 6.45) is 4.63. The highest BCUT2D eigenvalue weighted by Gasteiger charge is 2.45. The van der Waals surface area contributed by atoms with Crippen LogP contribution in [0.2, 0.25) is 0 Å². The zero-order valence-corrected chi connectivity index (χ0v) is 15.3. The van der Waals surface area contributed by atoms with Crippen molar-refractivity contribution in [1.82, 2.24) is 4.90 Å². The van der Waals surface area contributed by atoms with Crippen LogP contribution in [0.1, 0.15) is 65.2 Å². The maximum absolute atomic E-state index is 10.4. The molecule has 1 fully saturated rings. The minimum absolute atomic E-state index is 0.422. The second-order valence-corrected chi connectivity index (χ2v) is 6.88. The van der Waals surface area contributed by atoms with E-state index in [4.69, 9.17) is 4.74 Å². The van der Waals surface area contributed by atoms with Gasteiger partial charge in [0.15, 0.2) is 6.29 Å². The average Bonchev–Trinajstić information content (AvgIpc) is 2.58. The fraction of sp³-hybridized carbons (Fsp3) is 1.00. The molecule has 0 spiro atoms. The molecule has 4 N–H and O–H groups in total. The maximum atomic E-state index is 10.4. The number of unbranched alkanes of at least 4 members (excludes halogenated alkanes) is 6. The number of hydrogen-bond acceptors (Lipinski definition) is 6. The van der Waals surface area contributed by atoms with Crippen LogP contribution in [0.15, 0.2) is 0 Å². The summed E-state index contributed by atoms with van der Waals surface area (Å²) in [6.45, 7) is 5.40. The van der Waals surface area contributed by atoms with Gasteiger partial charge in [-0.1, -0.05) is 52.4 Å². The fourth-order valence-electron chi connectivity index (χ4n) is 3.34. The Kier molecular flexibility index (Phi) is 11.1. The Balaban J connectivity index is 2.58. The molecule has 1 aliphatic heterocycles. The Bertz CT molecular complexity index is 318.